The Hall–Kier alpha value is -3.14. The maximum Gasteiger partial charge on any atom is 0.243 e. The van der Waals surface area contributed by atoms with Crippen LogP contribution in [0.3, 0.4) is 0 Å². The first kappa shape index (κ1) is 33.4. The largest absolute Gasteiger partial charge is 0.354 e. The molecule has 0 saturated carbocycles. The number of anilines is 1. The van der Waals surface area contributed by atoms with E-state index in [0.29, 0.717) is 22.2 Å². The average Bonchev–Trinajstić information content (AvgIpc) is 2.93. The maximum atomic E-state index is 14.5. The van der Waals surface area contributed by atoms with Gasteiger partial charge in [-0.15, -0.1) is 0 Å². The van der Waals surface area contributed by atoms with Crippen molar-refractivity contribution in [1.29, 1.82) is 0 Å². The van der Waals surface area contributed by atoms with Crippen molar-refractivity contribution in [1.82, 2.24) is 10.2 Å². The summed E-state index contributed by atoms with van der Waals surface area (Å²) in [5, 5.41) is 3.74. The van der Waals surface area contributed by atoms with E-state index in [0.717, 1.165) is 16.1 Å². The van der Waals surface area contributed by atoms with Gasteiger partial charge in [0.25, 0.3) is 0 Å². The van der Waals surface area contributed by atoms with Crippen molar-refractivity contribution in [2.75, 3.05) is 23.7 Å². The molecule has 0 unspecified atom stereocenters. The first-order valence-electron chi connectivity index (χ1n) is 13.6. The van der Waals surface area contributed by atoms with Crippen molar-refractivity contribution in [2.24, 2.45) is 5.92 Å². The average molecular weight is 637 g/mol. The van der Waals surface area contributed by atoms with Gasteiger partial charge in [0.05, 0.1) is 11.9 Å². The van der Waals surface area contributed by atoms with Crippen LogP contribution in [0.15, 0.2) is 72.8 Å². The molecular weight excluding hydrogens is 600 g/mol. The van der Waals surface area contributed by atoms with Crippen molar-refractivity contribution in [3.63, 3.8) is 0 Å². The first-order valence-corrected chi connectivity index (χ1v) is 16.2. The van der Waals surface area contributed by atoms with E-state index in [1.54, 1.807) is 24.3 Å². The van der Waals surface area contributed by atoms with E-state index in [1.165, 1.54) is 23.1 Å². The predicted octanol–water partition coefficient (Wildman–Crippen LogP) is 6.09. The Morgan fingerprint density at radius 2 is 1.64 bits per heavy atom. The van der Waals surface area contributed by atoms with Gasteiger partial charge < -0.3 is 10.2 Å². The normalized spacial score (nSPS) is 12.2. The van der Waals surface area contributed by atoms with Gasteiger partial charge in [0.15, 0.2) is 0 Å². The quantitative estimate of drug-likeness (QED) is 0.232. The van der Waals surface area contributed by atoms with Gasteiger partial charge >= 0.3 is 0 Å². The van der Waals surface area contributed by atoms with Gasteiger partial charge in [-0.3, -0.25) is 13.9 Å². The van der Waals surface area contributed by atoms with Gasteiger partial charge in [0, 0.05) is 42.5 Å². The number of rotatable bonds is 14. The summed E-state index contributed by atoms with van der Waals surface area (Å²) in [4.78, 5) is 28.9. The Morgan fingerprint density at radius 3 is 2.26 bits per heavy atom. The number of nitrogens with zero attached hydrogens (tertiary/aromatic N) is 2. The van der Waals surface area contributed by atoms with Crippen LogP contribution in [0.5, 0.6) is 0 Å². The van der Waals surface area contributed by atoms with Crippen LogP contribution in [0.2, 0.25) is 10.0 Å². The van der Waals surface area contributed by atoms with Crippen LogP contribution in [0.4, 0.5) is 10.1 Å². The van der Waals surface area contributed by atoms with Crippen LogP contribution in [-0.2, 0) is 32.6 Å². The Kier molecular flexibility index (Phi) is 12.2. The summed E-state index contributed by atoms with van der Waals surface area (Å²) in [6, 6.07) is 19.0. The summed E-state index contributed by atoms with van der Waals surface area (Å²) in [6.45, 7) is 4.30. The molecule has 0 saturated heterocycles. The molecule has 0 fully saturated rings. The molecule has 0 bridgehead atoms. The topological polar surface area (TPSA) is 86.8 Å². The summed E-state index contributed by atoms with van der Waals surface area (Å²) in [5.74, 6) is -1.17. The van der Waals surface area contributed by atoms with Gasteiger partial charge in [-0.25, -0.2) is 12.8 Å². The van der Waals surface area contributed by atoms with Gasteiger partial charge in [0.2, 0.25) is 21.8 Å². The molecule has 7 nitrogen and oxygen atoms in total. The molecule has 2 amide bonds. The minimum atomic E-state index is -3.83. The summed E-state index contributed by atoms with van der Waals surface area (Å²) in [7, 11) is -3.83. The molecule has 0 radical (unpaired) electrons. The van der Waals surface area contributed by atoms with Crippen LogP contribution in [-0.4, -0.2) is 50.5 Å². The van der Waals surface area contributed by atoms with E-state index in [1.807, 2.05) is 44.2 Å². The third-order valence-corrected chi connectivity index (χ3v) is 8.35. The summed E-state index contributed by atoms with van der Waals surface area (Å²) >= 11 is 12.6. The third kappa shape index (κ3) is 9.71. The summed E-state index contributed by atoms with van der Waals surface area (Å²) < 4.78 is 40.5. The molecule has 0 heterocycles. The highest BCUT2D eigenvalue weighted by molar-refractivity contribution is 7.92. The highest BCUT2D eigenvalue weighted by atomic mass is 35.5. The minimum Gasteiger partial charge on any atom is -0.354 e. The molecule has 3 aromatic rings. The summed E-state index contributed by atoms with van der Waals surface area (Å²) in [5.41, 5.74) is 1.38. The molecule has 1 N–H and O–H groups in total. The minimum absolute atomic E-state index is 0.0323. The number of para-hydroxylation sites is 1. The molecule has 0 aromatic heterocycles. The number of halogens is 3. The van der Waals surface area contributed by atoms with Crippen LogP contribution < -0.4 is 9.62 Å². The van der Waals surface area contributed by atoms with Gasteiger partial charge in [0.1, 0.15) is 11.9 Å². The highest BCUT2D eigenvalue weighted by Gasteiger charge is 2.31. The SMILES string of the molecule is CC(C)CNC(=O)[C@H](Cc1ccccc1)N(Cc1ccc(Cl)cc1Cl)C(=O)CCCN(c1ccccc1F)S(C)(=O)=O. The molecule has 42 heavy (non-hydrogen) atoms. The lowest BCUT2D eigenvalue weighted by Gasteiger charge is -2.32. The van der Waals surface area contributed by atoms with Crippen LogP contribution >= 0.6 is 23.2 Å². The van der Waals surface area contributed by atoms with Crippen LogP contribution in [0.25, 0.3) is 0 Å². The number of amides is 2. The van der Waals surface area contributed by atoms with Crippen molar-refractivity contribution >= 4 is 50.7 Å². The Morgan fingerprint density at radius 1 is 0.976 bits per heavy atom. The lowest BCUT2D eigenvalue weighted by Crippen LogP contribution is -2.51. The van der Waals surface area contributed by atoms with E-state index < -0.39 is 21.9 Å². The second-order valence-electron chi connectivity index (χ2n) is 10.5. The fourth-order valence-corrected chi connectivity index (χ4v) is 5.88. The lowest BCUT2D eigenvalue weighted by atomic mass is 10.0. The smallest absolute Gasteiger partial charge is 0.243 e. The number of carbonyl (C=O) groups is 2. The fourth-order valence-electron chi connectivity index (χ4n) is 4.45. The number of benzene rings is 3. The molecule has 11 heteroatoms. The number of hydrogen-bond acceptors (Lipinski definition) is 4. The molecule has 0 aliphatic heterocycles. The van der Waals surface area contributed by atoms with E-state index in [9.17, 15) is 22.4 Å². The Labute approximate surface area is 257 Å². The first-order chi connectivity index (χ1) is 19.9. The second kappa shape index (κ2) is 15.4. The molecule has 226 valence electrons. The van der Waals surface area contributed by atoms with Gasteiger partial charge in [-0.1, -0.05) is 85.6 Å². The second-order valence-corrected chi connectivity index (χ2v) is 13.2. The van der Waals surface area contributed by atoms with E-state index in [2.05, 4.69) is 5.32 Å². The van der Waals surface area contributed by atoms with Crippen molar-refractivity contribution in [3.8, 4) is 0 Å². The van der Waals surface area contributed by atoms with Gasteiger partial charge in [-0.2, -0.15) is 0 Å². The predicted molar refractivity (Wildman–Crippen MR) is 167 cm³/mol. The maximum absolute atomic E-state index is 14.5. The standard InChI is InChI=1S/C31H36Cl2FN3O4S/c1-22(2)20-35-31(39)29(18-23-10-5-4-6-11-23)36(21-24-15-16-25(32)19-26(24)33)30(38)14-9-17-37(42(3,40)41)28-13-8-7-12-27(28)34/h4-8,10-13,15-16,19,22,29H,9,14,17-18,20-21H2,1-3H3,(H,35,39)/t29-/m0/s1. The third-order valence-electron chi connectivity index (χ3n) is 6.58. The number of sulfonamides is 1. The lowest BCUT2D eigenvalue weighted by molar-refractivity contribution is -0.141. The molecule has 0 aliphatic rings. The Balaban J connectivity index is 1.92. The van der Waals surface area contributed by atoms with Crippen LogP contribution in [0, 0.1) is 11.7 Å². The molecule has 3 aromatic carbocycles. The van der Waals surface area contributed by atoms with Crippen molar-refractivity contribution in [3.05, 3.63) is 99.8 Å². The molecular formula is C31H36Cl2FN3O4S. The van der Waals surface area contributed by atoms with Crippen LogP contribution in [0.1, 0.15) is 37.8 Å². The highest BCUT2D eigenvalue weighted by Crippen LogP contribution is 2.26. The molecule has 0 spiro atoms. The zero-order valence-electron chi connectivity index (χ0n) is 23.9. The van der Waals surface area contributed by atoms with E-state index >= 15 is 0 Å². The number of carbonyl (C=O) groups excluding carboxylic acids is 2. The molecule has 3 rings (SSSR count). The zero-order chi connectivity index (χ0) is 30.9. The molecule has 1 atom stereocenters. The fraction of sp³-hybridized carbons (Fsp3) is 0.355. The van der Waals surface area contributed by atoms with E-state index in [4.69, 9.17) is 23.2 Å². The monoisotopic (exact) mass is 635 g/mol. The van der Waals surface area contributed by atoms with Crippen molar-refractivity contribution < 1.29 is 22.4 Å². The van der Waals surface area contributed by atoms with E-state index in [-0.39, 0.29) is 55.8 Å². The summed E-state index contributed by atoms with van der Waals surface area (Å²) in [6.07, 6.45) is 1.25. The number of nitrogens with one attached hydrogen (secondary N) is 1. The number of hydrogen-bond donors (Lipinski definition) is 1. The van der Waals surface area contributed by atoms with Crippen molar-refractivity contribution in [2.45, 2.75) is 45.7 Å². The van der Waals surface area contributed by atoms with Gasteiger partial charge in [-0.05, 0) is 47.7 Å². The molecule has 0 aliphatic carbocycles. The zero-order valence-corrected chi connectivity index (χ0v) is 26.2. The Bertz CT molecular complexity index is 1470.